The molecule has 2 atom stereocenters. The number of H-pyrrole nitrogens is 1. The van der Waals surface area contributed by atoms with Gasteiger partial charge in [0.05, 0.1) is 18.8 Å². The van der Waals surface area contributed by atoms with E-state index in [2.05, 4.69) is 41.8 Å². The predicted molar refractivity (Wildman–Crippen MR) is 69.8 cm³/mol. The minimum Gasteiger partial charge on any atom is -0.394 e. The topological polar surface area (TPSA) is 51.6 Å². The molecule has 0 aromatic carbocycles. The van der Waals surface area contributed by atoms with E-state index < -0.39 is 0 Å². The van der Waals surface area contributed by atoms with Crippen molar-refractivity contribution in [1.29, 1.82) is 0 Å². The molecule has 1 aliphatic heterocycles. The summed E-state index contributed by atoms with van der Waals surface area (Å²) < 4.78 is 0. The van der Waals surface area contributed by atoms with Crippen molar-refractivity contribution in [3.63, 3.8) is 0 Å². The highest BCUT2D eigenvalue weighted by molar-refractivity contribution is 5.78. The Kier molecular flexibility index (Phi) is 3.64. The zero-order valence-electron chi connectivity index (χ0n) is 10.8. The summed E-state index contributed by atoms with van der Waals surface area (Å²) >= 11 is 0. The van der Waals surface area contributed by atoms with E-state index in [0.29, 0.717) is 18.5 Å². The van der Waals surface area contributed by atoms with Crippen LogP contribution in [0.2, 0.25) is 0 Å². The molecule has 0 unspecified atom stereocenters. The summed E-state index contributed by atoms with van der Waals surface area (Å²) in [4.78, 5) is 9.96. The average molecular weight is 235 g/mol. The lowest BCUT2D eigenvalue weighted by Crippen LogP contribution is -2.32. The first kappa shape index (κ1) is 12.3. The Balaban J connectivity index is 2.25. The lowest BCUT2D eigenvalue weighted by Gasteiger charge is -2.33. The zero-order chi connectivity index (χ0) is 12.4. The molecule has 1 aromatic rings. The molecule has 0 amide bonds. The van der Waals surface area contributed by atoms with Crippen LogP contribution in [0.15, 0.2) is 11.1 Å². The molecule has 4 nitrogen and oxygen atoms in total. The fourth-order valence-electron chi connectivity index (χ4n) is 2.47. The van der Waals surface area contributed by atoms with Gasteiger partial charge in [-0.1, -0.05) is 6.92 Å². The number of hydrogen-bond acceptors (Lipinski definition) is 3. The van der Waals surface area contributed by atoms with E-state index in [1.807, 2.05) is 6.21 Å². The Labute approximate surface area is 102 Å². The van der Waals surface area contributed by atoms with Gasteiger partial charge < -0.3 is 10.1 Å². The second-order valence-corrected chi connectivity index (χ2v) is 4.87. The first-order valence-electron chi connectivity index (χ1n) is 6.17. The van der Waals surface area contributed by atoms with Crippen LogP contribution in [0.3, 0.4) is 0 Å². The summed E-state index contributed by atoms with van der Waals surface area (Å²) in [6.07, 6.45) is 1.81. The summed E-state index contributed by atoms with van der Waals surface area (Å²) in [6.45, 7) is 6.13. The molecule has 0 fully saturated rings. The smallest absolute Gasteiger partial charge is 0.0626 e. The second-order valence-electron chi connectivity index (χ2n) is 4.87. The number of aliphatic hydroxyl groups is 1. The van der Waals surface area contributed by atoms with E-state index in [4.69, 9.17) is 5.11 Å². The van der Waals surface area contributed by atoms with Gasteiger partial charge in [0.25, 0.3) is 0 Å². The molecule has 17 heavy (non-hydrogen) atoms. The average Bonchev–Trinajstić information content (AvgIpc) is 2.71. The van der Waals surface area contributed by atoms with Crippen molar-refractivity contribution in [3.8, 4) is 0 Å². The van der Waals surface area contributed by atoms with Gasteiger partial charge >= 0.3 is 0 Å². The standard InChI is InChI=1S/C13H21N3O/c1-9-8-16(3)10(2)12-6-11(15-13(9)12)7-14-4-5-17/h6-7,9-10,15,17H,4-5,8H2,1-3H3/t9-,10-/m0/s1. The normalized spacial score (nSPS) is 25.4. The van der Waals surface area contributed by atoms with Crippen LogP contribution < -0.4 is 0 Å². The molecule has 0 aliphatic carbocycles. The summed E-state index contributed by atoms with van der Waals surface area (Å²) in [5, 5.41) is 8.69. The number of rotatable bonds is 3. The van der Waals surface area contributed by atoms with Gasteiger partial charge in [-0.25, -0.2) is 0 Å². The number of likely N-dealkylation sites (N-methyl/N-ethyl adjacent to an activating group) is 1. The summed E-state index contributed by atoms with van der Waals surface area (Å²) in [5.74, 6) is 0.534. The highest BCUT2D eigenvalue weighted by atomic mass is 16.3. The quantitative estimate of drug-likeness (QED) is 0.781. The molecule has 0 spiro atoms. The zero-order valence-corrected chi connectivity index (χ0v) is 10.8. The Morgan fingerprint density at radius 1 is 1.59 bits per heavy atom. The van der Waals surface area contributed by atoms with Gasteiger partial charge in [0.1, 0.15) is 0 Å². The van der Waals surface area contributed by atoms with Crippen LogP contribution in [0.4, 0.5) is 0 Å². The van der Waals surface area contributed by atoms with Gasteiger partial charge in [0.2, 0.25) is 0 Å². The van der Waals surface area contributed by atoms with Crippen molar-refractivity contribution < 1.29 is 5.11 Å². The number of nitrogens with one attached hydrogen (secondary N) is 1. The SMILES string of the molecule is C[C@H]1CN(C)[C@@H](C)c2cc(C=NCCO)[nH]c21. The summed E-state index contributed by atoms with van der Waals surface area (Å²) in [5.41, 5.74) is 3.75. The van der Waals surface area contributed by atoms with E-state index in [1.165, 1.54) is 11.3 Å². The van der Waals surface area contributed by atoms with Crippen molar-refractivity contribution in [2.45, 2.75) is 25.8 Å². The van der Waals surface area contributed by atoms with Gasteiger partial charge in [-0.3, -0.25) is 9.89 Å². The van der Waals surface area contributed by atoms with Crippen LogP contribution in [0.5, 0.6) is 0 Å². The van der Waals surface area contributed by atoms with E-state index >= 15 is 0 Å². The Bertz CT molecular complexity index is 411. The van der Waals surface area contributed by atoms with Crippen molar-refractivity contribution in [2.75, 3.05) is 26.7 Å². The molecule has 2 rings (SSSR count). The fraction of sp³-hybridized carbons (Fsp3) is 0.615. The van der Waals surface area contributed by atoms with Gasteiger partial charge in [-0.05, 0) is 25.6 Å². The maximum atomic E-state index is 8.69. The Morgan fingerprint density at radius 2 is 2.35 bits per heavy atom. The molecule has 1 aliphatic rings. The molecule has 4 heteroatoms. The maximum absolute atomic E-state index is 8.69. The highest BCUT2D eigenvalue weighted by Gasteiger charge is 2.27. The number of aromatic amines is 1. The predicted octanol–water partition coefficient (Wildman–Crippen LogP) is 1.54. The summed E-state index contributed by atoms with van der Waals surface area (Å²) in [6, 6.07) is 2.63. The van der Waals surface area contributed by atoms with E-state index in [0.717, 1.165) is 12.2 Å². The van der Waals surface area contributed by atoms with Crippen LogP contribution in [-0.4, -0.2) is 47.9 Å². The monoisotopic (exact) mass is 235 g/mol. The first-order chi connectivity index (χ1) is 8.13. The number of aliphatic imine (C=N–C) groups is 1. The molecule has 2 N–H and O–H groups in total. The molecule has 0 bridgehead atoms. The number of hydrogen-bond donors (Lipinski definition) is 2. The number of aromatic nitrogens is 1. The Morgan fingerprint density at radius 3 is 3.06 bits per heavy atom. The molecule has 0 saturated heterocycles. The lowest BCUT2D eigenvalue weighted by molar-refractivity contribution is 0.227. The van der Waals surface area contributed by atoms with Gasteiger partial charge in [-0.2, -0.15) is 0 Å². The second kappa shape index (κ2) is 5.02. The molecular formula is C13H21N3O. The van der Waals surface area contributed by atoms with Crippen molar-refractivity contribution in [3.05, 3.63) is 23.0 Å². The van der Waals surface area contributed by atoms with E-state index in [9.17, 15) is 0 Å². The molecular weight excluding hydrogens is 214 g/mol. The molecule has 0 saturated carbocycles. The number of fused-ring (bicyclic) bond motifs is 1. The van der Waals surface area contributed by atoms with Crippen LogP contribution in [-0.2, 0) is 0 Å². The first-order valence-corrected chi connectivity index (χ1v) is 6.17. The van der Waals surface area contributed by atoms with Crippen LogP contribution in [0, 0.1) is 0 Å². The van der Waals surface area contributed by atoms with Crippen molar-refractivity contribution >= 4 is 6.21 Å². The molecule has 0 radical (unpaired) electrons. The minimum absolute atomic E-state index is 0.104. The van der Waals surface area contributed by atoms with E-state index in [1.54, 1.807) is 0 Å². The minimum atomic E-state index is 0.104. The van der Waals surface area contributed by atoms with Crippen molar-refractivity contribution in [2.24, 2.45) is 4.99 Å². The molecule has 1 aromatic heterocycles. The lowest BCUT2D eigenvalue weighted by atomic mass is 9.93. The third kappa shape index (κ3) is 2.42. The summed E-state index contributed by atoms with van der Waals surface area (Å²) in [7, 11) is 2.16. The molecule has 94 valence electrons. The van der Waals surface area contributed by atoms with Crippen LogP contribution >= 0.6 is 0 Å². The number of aliphatic hydroxyl groups excluding tert-OH is 1. The Hall–Kier alpha value is -1.13. The van der Waals surface area contributed by atoms with Crippen LogP contribution in [0.1, 0.15) is 42.8 Å². The van der Waals surface area contributed by atoms with Crippen LogP contribution in [0.25, 0.3) is 0 Å². The van der Waals surface area contributed by atoms with Gasteiger partial charge in [0.15, 0.2) is 0 Å². The maximum Gasteiger partial charge on any atom is 0.0626 e. The third-order valence-electron chi connectivity index (χ3n) is 3.53. The van der Waals surface area contributed by atoms with E-state index in [-0.39, 0.29) is 6.61 Å². The number of nitrogens with zero attached hydrogens (tertiary/aromatic N) is 2. The molecule has 2 heterocycles. The van der Waals surface area contributed by atoms with Gasteiger partial charge in [-0.15, -0.1) is 0 Å². The largest absolute Gasteiger partial charge is 0.394 e. The van der Waals surface area contributed by atoms with Crippen molar-refractivity contribution in [1.82, 2.24) is 9.88 Å². The fourth-order valence-corrected chi connectivity index (χ4v) is 2.47. The highest BCUT2D eigenvalue weighted by Crippen LogP contribution is 2.34. The van der Waals surface area contributed by atoms with Gasteiger partial charge in [0, 0.05) is 30.4 Å². The third-order valence-corrected chi connectivity index (χ3v) is 3.53.